The van der Waals surface area contributed by atoms with Gasteiger partial charge in [-0.15, -0.1) is 0 Å². The van der Waals surface area contributed by atoms with Crippen LogP contribution in [-0.2, 0) is 4.79 Å². The summed E-state index contributed by atoms with van der Waals surface area (Å²) in [6, 6.07) is 0. The number of Topliss-reactive ketones (excluding diaryl/α,β-unsaturated/α-hetero) is 1. The topological polar surface area (TPSA) is 75.9 Å². The first-order valence-electron chi connectivity index (χ1n) is 1.91. The molecular weight excluding hydrogens is 112 g/mol. The maximum Gasteiger partial charge on any atom is 0.182 e. The normalized spacial score (nSPS) is 8.00. The van der Waals surface area contributed by atoms with Crippen LogP contribution in [0.15, 0.2) is 10.4 Å². The van der Waals surface area contributed by atoms with E-state index in [9.17, 15) is 14.6 Å². The summed E-state index contributed by atoms with van der Waals surface area (Å²) in [4.78, 5) is 28.6. The molecule has 0 rings (SSSR count). The minimum absolute atomic E-state index is 0.453. The van der Waals surface area contributed by atoms with Crippen molar-refractivity contribution in [2.24, 2.45) is 10.4 Å². The van der Waals surface area contributed by atoms with Gasteiger partial charge in [-0.1, -0.05) is 10.4 Å². The number of hydrogen-bond donors (Lipinski definition) is 0. The van der Waals surface area contributed by atoms with E-state index in [1.807, 2.05) is 0 Å². The molecule has 0 unspecified atom stereocenters. The summed E-state index contributed by atoms with van der Waals surface area (Å²) < 4.78 is 0. The Morgan fingerprint density at radius 2 is 1.50 bits per heavy atom. The molecule has 5 heteroatoms. The lowest BCUT2D eigenvalue weighted by Crippen LogP contribution is -2.04. The molecule has 0 heterocycles. The Morgan fingerprint density at radius 1 is 1.12 bits per heavy atom. The van der Waals surface area contributed by atoms with Crippen molar-refractivity contribution in [2.45, 2.75) is 0 Å². The average Bonchev–Trinajstić information content (AvgIpc) is 1.68. The number of hydrogen-bond acceptors (Lipinski definition) is 5. The van der Waals surface area contributed by atoms with Gasteiger partial charge in [-0.2, -0.15) is 9.81 Å². The van der Waals surface area contributed by atoms with Crippen LogP contribution in [0.1, 0.15) is 0 Å². The molecule has 0 amide bonds. The number of carbonyl (C=O) groups excluding carboxylic acids is 1. The molecule has 0 aliphatic rings. The minimum Gasteiger partial charge on any atom is -0.295 e. The Balaban J connectivity index is 3.32. The number of nitroso groups, excluding NO2 is 2. The van der Waals surface area contributed by atoms with Crippen molar-refractivity contribution < 1.29 is 4.79 Å². The molecule has 0 saturated heterocycles. The number of nitrogens with zero attached hydrogens (tertiary/aromatic N) is 2. The molecule has 0 aliphatic carbocycles. The van der Waals surface area contributed by atoms with Crippen molar-refractivity contribution in [2.75, 3.05) is 13.1 Å². The van der Waals surface area contributed by atoms with Crippen LogP contribution in [0.25, 0.3) is 0 Å². The molecule has 0 aromatic rings. The third kappa shape index (κ3) is 3.08. The van der Waals surface area contributed by atoms with Crippen molar-refractivity contribution >= 4 is 5.78 Å². The van der Waals surface area contributed by atoms with Gasteiger partial charge in [-0.3, -0.25) is 4.79 Å². The fraction of sp³-hybridized carbons (Fsp3) is 0.667. The van der Waals surface area contributed by atoms with Gasteiger partial charge < -0.3 is 0 Å². The molecule has 0 bridgehead atoms. The van der Waals surface area contributed by atoms with Gasteiger partial charge in [0.15, 0.2) is 5.78 Å². The molecule has 44 valence electrons. The summed E-state index contributed by atoms with van der Waals surface area (Å²) in [7, 11) is 0. The largest absolute Gasteiger partial charge is 0.295 e. The Morgan fingerprint density at radius 3 is 1.75 bits per heavy atom. The monoisotopic (exact) mass is 116 g/mol. The zero-order valence-corrected chi connectivity index (χ0v) is 4.03. The first kappa shape index (κ1) is 6.87. The predicted molar refractivity (Wildman–Crippen MR) is 26.3 cm³/mol. The van der Waals surface area contributed by atoms with E-state index in [1.165, 1.54) is 0 Å². The zero-order chi connectivity index (χ0) is 6.41. The lowest BCUT2D eigenvalue weighted by molar-refractivity contribution is -0.116. The molecule has 0 aromatic carbocycles. The Hall–Kier alpha value is -1.13. The van der Waals surface area contributed by atoms with Gasteiger partial charge in [0.1, 0.15) is 13.1 Å². The van der Waals surface area contributed by atoms with Gasteiger partial charge in [0, 0.05) is 0 Å². The lowest BCUT2D eigenvalue weighted by Gasteiger charge is -1.79. The van der Waals surface area contributed by atoms with E-state index in [1.54, 1.807) is 0 Å². The molecule has 0 fully saturated rings. The van der Waals surface area contributed by atoms with Crippen LogP contribution in [0.4, 0.5) is 0 Å². The highest BCUT2D eigenvalue weighted by Crippen LogP contribution is 1.74. The molecule has 0 aromatic heterocycles. The van der Waals surface area contributed by atoms with Crippen LogP contribution in [0, 0.1) is 9.81 Å². The first-order valence-corrected chi connectivity index (χ1v) is 1.91. The van der Waals surface area contributed by atoms with Gasteiger partial charge in [-0.25, -0.2) is 0 Å². The molecule has 8 heavy (non-hydrogen) atoms. The van der Waals surface area contributed by atoms with Gasteiger partial charge in [-0.05, 0) is 0 Å². The Kier molecular flexibility index (Phi) is 3.47. The van der Waals surface area contributed by atoms with Crippen molar-refractivity contribution in [1.82, 2.24) is 0 Å². The van der Waals surface area contributed by atoms with Crippen LogP contribution in [0.2, 0.25) is 0 Å². The summed E-state index contributed by atoms with van der Waals surface area (Å²) >= 11 is 0. The fourth-order valence-corrected chi connectivity index (χ4v) is 0.194. The second-order valence-corrected chi connectivity index (χ2v) is 1.11. The van der Waals surface area contributed by atoms with E-state index in [0.29, 0.717) is 0 Å². The van der Waals surface area contributed by atoms with Gasteiger partial charge >= 0.3 is 0 Å². The van der Waals surface area contributed by atoms with E-state index in [4.69, 9.17) is 0 Å². The molecule has 0 radical (unpaired) electrons. The van der Waals surface area contributed by atoms with E-state index in [2.05, 4.69) is 10.4 Å². The van der Waals surface area contributed by atoms with Crippen LogP contribution >= 0.6 is 0 Å². The third-order valence-corrected chi connectivity index (χ3v) is 0.482. The number of ketones is 1. The molecule has 0 saturated carbocycles. The molecule has 0 N–H and O–H groups in total. The van der Waals surface area contributed by atoms with Crippen molar-refractivity contribution in [1.29, 1.82) is 0 Å². The SMILES string of the molecule is O=NCC(=O)CN=O. The Bertz CT molecular complexity index is 99.1. The standard InChI is InChI=1S/C3H4N2O3/c6-3(1-4-7)2-5-8/h1-2H2. The second-order valence-electron chi connectivity index (χ2n) is 1.11. The van der Waals surface area contributed by atoms with Crippen LogP contribution in [0.3, 0.4) is 0 Å². The van der Waals surface area contributed by atoms with Crippen LogP contribution in [-0.4, -0.2) is 18.9 Å². The van der Waals surface area contributed by atoms with Crippen LogP contribution in [0.5, 0.6) is 0 Å². The maximum atomic E-state index is 10.1. The third-order valence-electron chi connectivity index (χ3n) is 0.482. The quantitative estimate of drug-likeness (QED) is 0.488. The first-order chi connectivity index (χ1) is 3.81. The lowest BCUT2D eigenvalue weighted by atomic mass is 10.4. The van der Waals surface area contributed by atoms with Gasteiger partial charge in [0.2, 0.25) is 0 Å². The van der Waals surface area contributed by atoms with E-state index < -0.39 is 18.9 Å². The summed E-state index contributed by atoms with van der Waals surface area (Å²) in [5.74, 6) is -0.546. The number of carbonyl (C=O) groups is 1. The molecular formula is C3H4N2O3. The fourth-order valence-electron chi connectivity index (χ4n) is 0.194. The van der Waals surface area contributed by atoms with Gasteiger partial charge in [0.25, 0.3) is 0 Å². The second kappa shape index (κ2) is 4.04. The van der Waals surface area contributed by atoms with E-state index in [-0.39, 0.29) is 0 Å². The molecule has 0 aliphatic heterocycles. The highest BCUT2D eigenvalue weighted by atomic mass is 16.3. The predicted octanol–water partition coefficient (Wildman–Crippen LogP) is 0.0883. The Labute approximate surface area is 45.0 Å². The average molecular weight is 116 g/mol. The molecule has 0 atom stereocenters. The van der Waals surface area contributed by atoms with E-state index >= 15 is 0 Å². The smallest absolute Gasteiger partial charge is 0.182 e. The maximum absolute atomic E-state index is 10.1. The van der Waals surface area contributed by atoms with Crippen LogP contribution < -0.4 is 0 Å². The summed E-state index contributed by atoms with van der Waals surface area (Å²) in [5, 5.41) is 4.51. The van der Waals surface area contributed by atoms with E-state index in [0.717, 1.165) is 0 Å². The summed E-state index contributed by atoms with van der Waals surface area (Å²) in [5.41, 5.74) is 0. The summed E-state index contributed by atoms with van der Waals surface area (Å²) in [6.07, 6.45) is 0. The van der Waals surface area contributed by atoms with Gasteiger partial charge in [0.05, 0.1) is 0 Å². The highest BCUT2D eigenvalue weighted by molar-refractivity contribution is 5.82. The van der Waals surface area contributed by atoms with Crippen molar-refractivity contribution in [3.8, 4) is 0 Å². The summed E-state index contributed by atoms with van der Waals surface area (Å²) in [6.45, 7) is -0.905. The van der Waals surface area contributed by atoms with Crippen molar-refractivity contribution in [3.63, 3.8) is 0 Å². The highest BCUT2D eigenvalue weighted by Gasteiger charge is 1.98. The zero-order valence-electron chi connectivity index (χ0n) is 4.03. The number of rotatable bonds is 4. The van der Waals surface area contributed by atoms with Crippen molar-refractivity contribution in [3.05, 3.63) is 9.81 Å². The molecule has 0 spiro atoms. The minimum atomic E-state index is -0.546. The molecule has 5 nitrogen and oxygen atoms in total.